The number of aliphatic hydroxyl groups excluding tert-OH is 1. The number of aliphatic hydroxyl groups is 1. The average Bonchev–Trinajstić information content (AvgIpc) is 3.13. The van der Waals surface area contributed by atoms with Crippen molar-refractivity contribution in [3.8, 4) is 5.75 Å². The van der Waals surface area contributed by atoms with Gasteiger partial charge >= 0.3 is 0 Å². The first-order valence-corrected chi connectivity index (χ1v) is 8.01. The molecule has 6 nitrogen and oxygen atoms in total. The molecule has 0 aliphatic carbocycles. The second kappa shape index (κ2) is 7.10. The lowest BCUT2D eigenvalue weighted by atomic mass is 10.1. The van der Waals surface area contributed by atoms with E-state index in [-0.39, 0.29) is 12.1 Å². The van der Waals surface area contributed by atoms with Gasteiger partial charge in [0, 0.05) is 6.54 Å². The van der Waals surface area contributed by atoms with Crippen molar-refractivity contribution in [1.82, 2.24) is 15.0 Å². The second-order valence-corrected chi connectivity index (χ2v) is 6.00. The van der Waals surface area contributed by atoms with Gasteiger partial charge in [0.15, 0.2) is 5.82 Å². The van der Waals surface area contributed by atoms with E-state index >= 15 is 0 Å². The molecular weight excluding hydrogens is 294 g/mol. The van der Waals surface area contributed by atoms with E-state index in [0.717, 1.165) is 25.1 Å². The van der Waals surface area contributed by atoms with E-state index in [4.69, 9.17) is 9.26 Å². The van der Waals surface area contributed by atoms with E-state index in [1.807, 2.05) is 25.1 Å². The quantitative estimate of drug-likeness (QED) is 0.880. The summed E-state index contributed by atoms with van der Waals surface area (Å²) in [5.74, 6) is 2.17. The Kier molecular flexibility index (Phi) is 4.93. The van der Waals surface area contributed by atoms with Crippen molar-refractivity contribution in [1.29, 1.82) is 0 Å². The molecule has 0 unspecified atom stereocenters. The Balaban J connectivity index is 1.60. The Labute approximate surface area is 136 Å². The third kappa shape index (κ3) is 3.71. The molecule has 1 aliphatic heterocycles. The molecule has 1 N–H and O–H groups in total. The molecule has 2 aromatic rings. The minimum absolute atomic E-state index is 0.0175. The molecule has 0 bridgehead atoms. The van der Waals surface area contributed by atoms with E-state index in [9.17, 15) is 5.11 Å². The van der Waals surface area contributed by atoms with Crippen LogP contribution < -0.4 is 4.74 Å². The van der Waals surface area contributed by atoms with Crippen LogP contribution in [0.1, 0.15) is 36.2 Å². The van der Waals surface area contributed by atoms with E-state index in [1.54, 1.807) is 7.11 Å². The van der Waals surface area contributed by atoms with Gasteiger partial charge in [-0.1, -0.05) is 23.4 Å². The van der Waals surface area contributed by atoms with Crippen LogP contribution in [-0.4, -0.2) is 46.5 Å². The molecule has 0 spiro atoms. The predicted octanol–water partition coefficient (Wildman–Crippen LogP) is 2.13. The summed E-state index contributed by atoms with van der Waals surface area (Å²) in [6.07, 6.45) is 2.23. The third-order valence-corrected chi connectivity index (χ3v) is 4.29. The van der Waals surface area contributed by atoms with Crippen LogP contribution in [0, 0.1) is 6.92 Å². The van der Waals surface area contributed by atoms with E-state index in [0.29, 0.717) is 24.7 Å². The van der Waals surface area contributed by atoms with Crippen LogP contribution in [0.15, 0.2) is 28.8 Å². The first kappa shape index (κ1) is 16.0. The fourth-order valence-corrected chi connectivity index (χ4v) is 3.21. The highest BCUT2D eigenvalue weighted by atomic mass is 16.5. The van der Waals surface area contributed by atoms with E-state index in [2.05, 4.69) is 21.1 Å². The van der Waals surface area contributed by atoms with Crippen LogP contribution in [0.2, 0.25) is 0 Å². The molecule has 2 heterocycles. The first-order chi connectivity index (χ1) is 11.2. The smallest absolute Gasteiger partial charge is 0.244 e. The summed E-state index contributed by atoms with van der Waals surface area (Å²) in [7, 11) is 1.70. The standard InChI is InChI=1S/C17H23N3O3/c1-12-18-17(23-19-12)15-10-14(21)11-20(15)9-5-7-13-6-3-4-8-16(13)22-2/h3-4,6,8,14-15,21H,5,7,9-11H2,1-2H3/t14-,15+/m0/s1. The van der Waals surface area contributed by atoms with Gasteiger partial charge in [-0.15, -0.1) is 0 Å². The Morgan fingerprint density at radius 1 is 1.39 bits per heavy atom. The number of nitrogens with zero attached hydrogens (tertiary/aromatic N) is 3. The van der Waals surface area contributed by atoms with Crippen molar-refractivity contribution in [3.63, 3.8) is 0 Å². The molecule has 0 saturated carbocycles. The zero-order valence-electron chi connectivity index (χ0n) is 13.6. The number of methoxy groups -OCH3 is 1. The van der Waals surface area contributed by atoms with Gasteiger partial charge in [-0.2, -0.15) is 4.98 Å². The maximum Gasteiger partial charge on any atom is 0.244 e. The van der Waals surface area contributed by atoms with Crippen LogP contribution in [0.5, 0.6) is 5.75 Å². The SMILES string of the molecule is COc1ccccc1CCCN1C[C@@H](O)C[C@@H]1c1nc(C)no1. The molecule has 0 amide bonds. The Hall–Kier alpha value is -1.92. The Morgan fingerprint density at radius 3 is 2.96 bits per heavy atom. The van der Waals surface area contributed by atoms with Gasteiger partial charge in [0.2, 0.25) is 5.89 Å². The fourth-order valence-electron chi connectivity index (χ4n) is 3.21. The van der Waals surface area contributed by atoms with Gasteiger partial charge in [0.25, 0.3) is 0 Å². The Bertz CT molecular complexity index is 644. The maximum absolute atomic E-state index is 9.99. The van der Waals surface area contributed by atoms with Crippen LogP contribution in [0.3, 0.4) is 0 Å². The number of rotatable bonds is 6. The zero-order valence-corrected chi connectivity index (χ0v) is 13.6. The number of aryl methyl sites for hydroxylation is 2. The molecule has 0 radical (unpaired) electrons. The predicted molar refractivity (Wildman–Crippen MR) is 85.3 cm³/mol. The molecule has 124 valence electrons. The van der Waals surface area contributed by atoms with Gasteiger partial charge in [-0.05, 0) is 44.4 Å². The first-order valence-electron chi connectivity index (χ1n) is 8.01. The molecule has 1 fully saturated rings. The molecule has 3 rings (SSSR count). The summed E-state index contributed by atoms with van der Waals surface area (Å²) >= 11 is 0. The van der Waals surface area contributed by atoms with Gasteiger partial charge in [-0.3, -0.25) is 4.90 Å². The number of hydrogen-bond donors (Lipinski definition) is 1. The van der Waals surface area contributed by atoms with Crippen LogP contribution in [0.4, 0.5) is 0 Å². The minimum Gasteiger partial charge on any atom is -0.496 e. The molecule has 1 aromatic heterocycles. The molecule has 1 aromatic carbocycles. The molecule has 23 heavy (non-hydrogen) atoms. The van der Waals surface area contributed by atoms with Gasteiger partial charge in [-0.25, -0.2) is 0 Å². The molecule has 2 atom stereocenters. The van der Waals surface area contributed by atoms with Crippen molar-refractivity contribution in [3.05, 3.63) is 41.5 Å². The number of β-amino-alcohol motifs (C(OH)–C–C–N with tert-alkyl or cyclic N) is 1. The largest absolute Gasteiger partial charge is 0.496 e. The topological polar surface area (TPSA) is 71.6 Å². The van der Waals surface area contributed by atoms with Crippen molar-refractivity contribution in [2.75, 3.05) is 20.2 Å². The lowest BCUT2D eigenvalue weighted by Gasteiger charge is -2.21. The summed E-state index contributed by atoms with van der Waals surface area (Å²) < 4.78 is 10.7. The van der Waals surface area contributed by atoms with Crippen molar-refractivity contribution in [2.45, 2.75) is 38.3 Å². The molecule has 1 aliphatic rings. The molecule has 1 saturated heterocycles. The maximum atomic E-state index is 9.99. The number of aromatic nitrogens is 2. The Morgan fingerprint density at radius 2 is 2.22 bits per heavy atom. The van der Waals surface area contributed by atoms with E-state index in [1.165, 1.54) is 5.56 Å². The summed E-state index contributed by atoms with van der Waals surface area (Å²) in [6, 6.07) is 8.10. The third-order valence-electron chi connectivity index (χ3n) is 4.29. The lowest BCUT2D eigenvalue weighted by molar-refractivity contribution is 0.172. The highest BCUT2D eigenvalue weighted by molar-refractivity contribution is 5.33. The van der Waals surface area contributed by atoms with Crippen LogP contribution >= 0.6 is 0 Å². The normalized spacial score (nSPS) is 21.7. The van der Waals surface area contributed by atoms with Crippen molar-refractivity contribution < 1.29 is 14.4 Å². The van der Waals surface area contributed by atoms with Crippen molar-refractivity contribution >= 4 is 0 Å². The van der Waals surface area contributed by atoms with Crippen LogP contribution in [0.25, 0.3) is 0 Å². The number of likely N-dealkylation sites (tertiary alicyclic amines) is 1. The fraction of sp³-hybridized carbons (Fsp3) is 0.529. The average molecular weight is 317 g/mol. The van der Waals surface area contributed by atoms with Crippen molar-refractivity contribution in [2.24, 2.45) is 0 Å². The molecule has 6 heteroatoms. The second-order valence-electron chi connectivity index (χ2n) is 6.00. The number of para-hydroxylation sites is 1. The van der Waals surface area contributed by atoms with Gasteiger partial charge in [0.05, 0.1) is 19.3 Å². The minimum atomic E-state index is -0.335. The van der Waals surface area contributed by atoms with Crippen LogP contribution in [-0.2, 0) is 6.42 Å². The highest BCUT2D eigenvalue weighted by Gasteiger charge is 2.35. The monoisotopic (exact) mass is 317 g/mol. The van der Waals surface area contributed by atoms with E-state index < -0.39 is 0 Å². The number of ether oxygens (including phenoxy) is 1. The summed E-state index contributed by atoms with van der Waals surface area (Å²) in [5.41, 5.74) is 1.21. The molecular formula is C17H23N3O3. The lowest BCUT2D eigenvalue weighted by Crippen LogP contribution is -2.26. The highest BCUT2D eigenvalue weighted by Crippen LogP contribution is 2.31. The van der Waals surface area contributed by atoms with Gasteiger partial charge < -0.3 is 14.4 Å². The summed E-state index contributed by atoms with van der Waals surface area (Å²) in [5, 5.41) is 13.8. The summed E-state index contributed by atoms with van der Waals surface area (Å²) in [6.45, 7) is 3.34. The number of hydrogen-bond acceptors (Lipinski definition) is 6. The zero-order chi connectivity index (χ0) is 16.2. The summed E-state index contributed by atoms with van der Waals surface area (Å²) in [4.78, 5) is 6.55. The number of benzene rings is 1. The van der Waals surface area contributed by atoms with Gasteiger partial charge in [0.1, 0.15) is 5.75 Å².